The summed E-state index contributed by atoms with van der Waals surface area (Å²) in [5.74, 6) is -0.0438. The van der Waals surface area contributed by atoms with Crippen molar-refractivity contribution in [1.29, 1.82) is 0 Å². The van der Waals surface area contributed by atoms with E-state index in [1.54, 1.807) is 15.9 Å². The molecule has 1 fully saturated rings. The van der Waals surface area contributed by atoms with Crippen LogP contribution in [-0.4, -0.2) is 60.5 Å². The van der Waals surface area contributed by atoms with E-state index in [-0.39, 0.29) is 18.1 Å². The van der Waals surface area contributed by atoms with Crippen LogP contribution in [0.4, 0.5) is 15.3 Å². The van der Waals surface area contributed by atoms with Crippen LogP contribution < -0.4 is 10.2 Å². The number of ether oxygens (including phenoxy) is 2. The van der Waals surface area contributed by atoms with Gasteiger partial charge < -0.3 is 19.7 Å². The summed E-state index contributed by atoms with van der Waals surface area (Å²) < 4.78 is 11.3. The Hall–Kier alpha value is -2.48. The standard InChI is InChI=1S/C29H39Cl2N3O4/c1-28(2,3)37-26(35)33-16-14-25(22(19-33)20-12-13-23(30)24(31)18-20)32-15-17-34(21-10-8-7-9-11-21)27(36)38-29(4,5)6/h7-13,18,22,25,32H,14-17,19H2,1-6H3/t22-,25+/m0/s1. The molecule has 2 atom stereocenters. The predicted molar refractivity (Wildman–Crippen MR) is 153 cm³/mol. The minimum atomic E-state index is -0.606. The molecule has 0 saturated carbocycles. The normalized spacial score (nSPS) is 18.2. The Morgan fingerprint density at radius 3 is 2.24 bits per heavy atom. The van der Waals surface area contributed by atoms with Crippen LogP contribution >= 0.6 is 23.2 Å². The highest BCUT2D eigenvalue weighted by atomic mass is 35.5. The molecule has 2 aromatic carbocycles. The number of rotatable bonds is 6. The third kappa shape index (κ3) is 8.79. The van der Waals surface area contributed by atoms with E-state index in [0.29, 0.717) is 42.6 Å². The fourth-order valence-corrected chi connectivity index (χ4v) is 4.69. The van der Waals surface area contributed by atoms with Gasteiger partial charge in [-0.15, -0.1) is 0 Å². The van der Waals surface area contributed by atoms with E-state index in [9.17, 15) is 9.59 Å². The number of benzene rings is 2. The number of nitrogens with one attached hydrogen (secondary N) is 1. The molecule has 1 aliphatic heterocycles. The number of piperidine rings is 1. The van der Waals surface area contributed by atoms with E-state index in [1.807, 2.05) is 84.0 Å². The Balaban J connectivity index is 1.76. The maximum atomic E-state index is 13.0. The molecule has 208 valence electrons. The van der Waals surface area contributed by atoms with Crippen LogP contribution in [0.25, 0.3) is 0 Å². The van der Waals surface area contributed by atoms with Crippen molar-refractivity contribution in [2.75, 3.05) is 31.1 Å². The summed E-state index contributed by atoms with van der Waals surface area (Å²) in [6.07, 6.45) is -0.0189. The van der Waals surface area contributed by atoms with Gasteiger partial charge in [-0.05, 0) is 77.8 Å². The Bertz CT molecular complexity index is 1100. The summed E-state index contributed by atoms with van der Waals surface area (Å²) in [5.41, 5.74) is 0.570. The Kier molecular flexibility index (Phi) is 9.96. The summed E-state index contributed by atoms with van der Waals surface area (Å²) >= 11 is 12.5. The van der Waals surface area contributed by atoms with Crippen LogP contribution in [0.1, 0.15) is 59.4 Å². The van der Waals surface area contributed by atoms with Crippen LogP contribution in [0, 0.1) is 0 Å². The van der Waals surface area contributed by atoms with Crippen molar-refractivity contribution < 1.29 is 19.1 Å². The molecule has 1 saturated heterocycles. The predicted octanol–water partition coefficient (Wildman–Crippen LogP) is 7.12. The Morgan fingerprint density at radius 1 is 0.974 bits per heavy atom. The lowest BCUT2D eigenvalue weighted by Crippen LogP contribution is -2.52. The molecule has 38 heavy (non-hydrogen) atoms. The molecule has 0 spiro atoms. The van der Waals surface area contributed by atoms with Gasteiger partial charge in [-0.3, -0.25) is 4.90 Å². The van der Waals surface area contributed by atoms with E-state index in [0.717, 1.165) is 11.3 Å². The highest BCUT2D eigenvalue weighted by Gasteiger charge is 2.35. The zero-order chi connectivity index (χ0) is 28.1. The molecule has 1 N–H and O–H groups in total. The van der Waals surface area contributed by atoms with E-state index in [2.05, 4.69) is 5.32 Å². The van der Waals surface area contributed by atoms with Crippen LogP contribution in [-0.2, 0) is 9.47 Å². The molecule has 0 aliphatic carbocycles. The lowest BCUT2D eigenvalue weighted by atomic mass is 9.86. The Labute approximate surface area is 236 Å². The van der Waals surface area contributed by atoms with Gasteiger partial charge in [0.1, 0.15) is 11.2 Å². The monoisotopic (exact) mass is 563 g/mol. The number of carbonyl (C=O) groups is 2. The van der Waals surface area contributed by atoms with Crippen molar-refractivity contribution in [2.24, 2.45) is 0 Å². The van der Waals surface area contributed by atoms with E-state index >= 15 is 0 Å². The molecule has 2 amide bonds. The molecule has 0 radical (unpaired) electrons. The van der Waals surface area contributed by atoms with Crippen LogP contribution in [0.5, 0.6) is 0 Å². The van der Waals surface area contributed by atoms with Gasteiger partial charge >= 0.3 is 12.2 Å². The second-order valence-electron chi connectivity index (χ2n) is 11.5. The fourth-order valence-electron chi connectivity index (χ4n) is 4.38. The first-order chi connectivity index (χ1) is 17.7. The molecular weight excluding hydrogens is 525 g/mol. The number of amides is 2. The van der Waals surface area contributed by atoms with Gasteiger partial charge in [0.05, 0.1) is 10.0 Å². The average Bonchev–Trinajstić information content (AvgIpc) is 2.82. The molecule has 0 bridgehead atoms. The van der Waals surface area contributed by atoms with Gasteiger partial charge in [-0.2, -0.15) is 0 Å². The zero-order valence-electron chi connectivity index (χ0n) is 23.1. The summed E-state index contributed by atoms with van der Waals surface area (Å²) in [6, 6.07) is 15.1. The maximum Gasteiger partial charge on any atom is 0.414 e. The van der Waals surface area contributed by atoms with Gasteiger partial charge in [-0.1, -0.05) is 47.5 Å². The van der Waals surface area contributed by atoms with Crippen LogP contribution in [0.2, 0.25) is 10.0 Å². The lowest BCUT2D eigenvalue weighted by molar-refractivity contribution is 0.0175. The van der Waals surface area contributed by atoms with E-state index in [1.165, 1.54) is 0 Å². The van der Waals surface area contributed by atoms with Gasteiger partial charge in [0.15, 0.2) is 0 Å². The largest absolute Gasteiger partial charge is 0.444 e. The smallest absolute Gasteiger partial charge is 0.414 e. The summed E-state index contributed by atoms with van der Waals surface area (Å²) in [7, 11) is 0. The van der Waals surface area contributed by atoms with Crippen LogP contribution in [0.15, 0.2) is 48.5 Å². The van der Waals surface area contributed by atoms with Crippen molar-refractivity contribution in [3.8, 4) is 0 Å². The molecule has 0 unspecified atom stereocenters. The zero-order valence-corrected chi connectivity index (χ0v) is 24.6. The number of anilines is 1. The van der Waals surface area contributed by atoms with Crippen molar-refractivity contribution >= 4 is 41.1 Å². The fraction of sp³-hybridized carbons (Fsp3) is 0.517. The van der Waals surface area contributed by atoms with Gasteiger partial charge in [0, 0.05) is 43.8 Å². The molecule has 9 heteroatoms. The summed E-state index contributed by atoms with van der Waals surface area (Å²) in [5, 5.41) is 4.58. The third-order valence-electron chi connectivity index (χ3n) is 6.06. The second-order valence-corrected chi connectivity index (χ2v) is 12.3. The maximum absolute atomic E-state index is 13.0. The van der Waals surface area contributed by atoms with E-state index < -0.39 is 17.3 Å². The number of hydrogen-bond acceptors (Lipinski definition) is 5. The number of likely N-dealkylation sites (tertiary alicyclic amines) is 1. The highest BCUT2D eigenvalue weighted by molar-refractivity contribution is 6.42. The third-order valence-corrected chi connectivity index (χ3v) is 6.80. The molecule has 7 nitrogen and oxygen atoms in total. The minimum Gasteiger partial charge on any atom is -0.444 e. The van der Waals surface area contributed by atoms with Crippen molar-refractivity contribution in [3.63, 3.8) is 0 Å². The number of para-hydroxylation sites is 1. The molecule has 3 rings (SSSR count). The topological polar surface area (TPSA) is 71.1 Å². The summed E-state index contributed by atoms with van der Waals surface area (Å²) in [4.78, 5) is 29.2. The first-order valence-corrected chi connectivity index (χ1v) is 13.7. The van der Waals surface area contributed by atoms with Crippen LogP contribution in [0.3, 0.4) is 0 Å². The first kappa shape index (κ1) is 30.1. The number of nitrogens with zero attached hydrogens (tertiary/aromatic N) is 2. The van der Waals surface area contributed by atoms with E-state index in [4.69, 9.17) is 32.7 Å². The molecule has 2 aromatic rings. The highest BCUT2D eigenvalue weighted by Crippen LogP contribution is 2.32. The minimum absolute atomic E-state index is 0.0437. The SMILES string of the molecule is CC(C)(C)OC(=O)N1CC[C@@H](NCCN(C(=O)OC(C)(C)C)c2ccccc2)[C@H](c2ccc(Cl)c(Cl)c2)C1. The molecule has 1 aliphatic rings. The first-order valence-electron chi connectivity index (χ1n) is 13.0. The van der Waals surface area contributed by atoms with Gasteiger partial charge in [0.2, 0.25) is 0 Å². The Morgan fingerprint density at radius 2 is 1.63 bits per heavy atom. The molecule has 0 aromatic heterocycles. The second kappa shape index (κ2) is 12.6. The average molecular weight is 565 g/mol. The number of carbonyl (C=O) groups excluding carboxylic acids is 2. The summed E-state index contributed by atoms with van der Waals surface area (Å²) in [6.45, 7) is 13.1. The number of halogens is 2. The molecular formula is C29H39Cl2N3O4. The van der Waals surface area contributed by atoms with Crippen molar-refractivity contribution in [3.05, 3.63) is 64.1 Å². The van der Waals surface area contributed by atoms with Gasteiger partial charge in [-0.25, -0.2) is 9.59 Å². The number of hydrogen-bond donors (Lipinski definition) is 1. The van der Waals surface area contributed by atoms with Gasteiger partial charge in [0.25, 0.3) is 0 Å². The molecule has 1 heterocycles. The quantitative estimate of drug-likeness (QED) is 0.405. The van der Waals surface area contributed by atoms with Crippen molar-refractivity contribution in [2.45, 2.75) is 71.1 Å². The van der Waals surface area contributed by atoms with Crippen molar-refractivity contribution in [1.82, 2.24) is 10.2 Å². The lowest BCUT2D eigenvalue weighted by Gasteiger charge is -2.40.